The molecule has 0 saturated carbocycles. The monoisotopic (exact) mass is 359 g/mol. The predicted molar refractivity (Wildman–Crippen MR) is 93.1 cm³/mol. The van der Waals surface area contributed by atoms with Gasteiger partial charge in [-0.3, -0.25) is 9.59 Å². The van der Waals surface area contributed by atoms with Crippen molar-refractivity contribution in [2.75, 3.05) is 12.1 Å². The number of halogens is 1. The molecule has 0 unspecified atom stereocenters. The molecule has 7 nitrogen and oxygen atoms in total. The summed E-state index contributed by atoms with van der Waals surface area (Å²) in [6, 6.07) is 10.2. The second-order valence-electron chi connectivity index (χ2n) is 5.18. The van der Waals surface area contributed by atoms with Crippen molar-refractivity contribution in [1.82, 2.24) is 5.43 Å². The Bertz CT molecular complexity index is 867. The van der Waals surface area contributed by atoms with E-state index in [9.17, 15) is 9.59 Å². The minimum absolute atomic E-state index is 0.176. The number of nitrogens with one attached hydrogen (secondary N) is 2. The molecule has 0 saturated heterocycles. The number of rotatable bonds is 3. The van der Waals surface area contributed by atoms with Gasteiger partial charge in [-0.05, 0) is 48.4 Å². The third-order valence-electron chi connectivity index (χ3n) is 3.50. The molecule has 1 aliphatic heterocycles. The minimum atomic E-state index is -0.892. The van der Waals surface area contributed by atoms with Gasteiger partial charge in [0.15, 0.2) is 11.5 Å². The molecule has 0 aliphatic carbocycles. The third kappa shape index (κ3) is 3.89. The van der Waals surface area contributed by atoms with Gasteiger partial charge in [0, 0.05) is 10.7 Å². The van der Waals surface area contributed by atoms with Crippen molar-refractivity contribution in [3.05, 3.63) is 52.5 Å². The molecule has 2 amide bonds. The van der Waals surface area contributed by atoms with Crippen LogP contribution in [0.15, 0.2) is 41.5 Å². The van der Waals surface area contributed by atoms with Gasteiger partial charge in [-0.2, -0.15) is 5.10 Å². The van der Waals surface area contributed by atoms with Crippen LogP contribution in [0, 0.1) is 6.92 Å². The van der Waals surface area contributed by atoms with Gasteiger partial charge in [-0.1, -0.05) is 17.7 Å². The molecule has 3 rings (SSSR count). The summed E-state index contributed by atoms with van der Waals surface area (Å²) in [6.45, 7) is 1.92. The zero-order valence-corrected chi connectivity index (χ0v) is 14.0. The van der Waals surface area contributed by atoms with E-state index in [-0.39, 0.29) is 6.79 Å². The van der Waals surface area contributed by atoms with Crippen LogP contribution in [0.4, 0.5) is 5.69 Å². The van der Waals surface area contributed by atoms with E-state index in [2.05, 4.69) is 15.8 Å². The van der Waals surface area contributed by atoms with Gasteiger partial charge in [-0.15, -0.1) is 0 Å². The number of carbonyl (C=O) groups is 2. The lowest BCUT2D eigenvalue weighted by Crippen LogP contribution is -2.32. The zero-order chi connectivity index (χ0) is 17.8. The molecular formula is C17H14ClN3O4. The van der Waals surface area contributed by atoms with Crippen LogP contribution in [0.3, 0.4) is 0 Å². The number of amides is 2. The molecule has 8 heteroatoms. The Morgan fingerprint density at radius 2 is 1.96 bits per heavy atom. The fraction of sp³-hybridized carbons (Fsp3) is 0.118. The summed E-state index contributed by atoms with van der Waals surface area (Å²) in [4.78, 5) is 23.7. The fourth-order valence-electron chi connectivity index (χ4n) is 2.13. The highest BCUT2D eigenvalue weighted by atomic mass is 35.5. The highest BCUT2D eigenvalue weighted by Crippen LogP contribution is 2.31. The SMILES string of the molecule is Cc1c(Cl)cccc1NC(=O)C(=O)NN=Cc1ccc2c(c1)OCO2. The highest BCUT2D eigenvalue weighted by Gasteiger charge is 2.15. The van der Waals surface area contributed by atoms with Crippen molar-refractivity contribution in [3.8, 4) is 11.5 Å². The number of fused-ring (bicyclic) bond motifs is 1. The molecule has 2 aromatic carbocycles. The van der Waals surface area contributed by atoms with Crippen LogP contribution in [-0.4, -0.2) is 24.8 Å². The van der Waals surface area contributed by atoms with Crippen molar-refractivity contribution >= 4 is 35.3 Å². The van der Waals surface area contributed by atoms with E-state index in [1.807, 2.05) is 0 Å². The normalized spacial score (nSPS) is 12.2. The largest absolute Gasteiger partial charge is 0.454 e. The first-order valence-electron chi connectivity index (χ1n) is 7.34. The summed E-state index contributed by atoms with van der Waals surface area (Å²) >= 11 is 5.97. The highest BCUT2D eigenvalue weighted by molar-refractivity contribution is 6.40. The molecule has 0 fully saturated rings. The molecule has 2 N–H and O–H groups in total. The molecule has 2 aromatic rings. The Morgan fingerprint density at radius 3 is 2.80 bits per heavy atom. The van der Waals surface area contributed by atoms with E-state index in [1.165, 1.54) is 6.21 Å². The maximum Gasteiger partial charge on any atom is 0.329 e. The molecule has 0 bridgehead atoms. The van der Waals surface area contributed by atoms with Crippen LogP contribution in [0.1, 0.15) is 11.1 Å². The molecule has 1 heterocycles. The number of anilines is 1. The Balaban J connectivity index is 1.58. The van der Waals surface area contributed by atoms with Crippen molar-refractivity contribution < 1.29 is 19.1 Å². The number of nitrogens with zero attached hydrogens (tertiary/aromatic N) is 1. The number of hydrogen-bond acceptors (Lipinski definition) is 5. The van der Waals surface area contributed by atoms with Crippen LogP contribution in [0.2, 0.25) is 5.02 Å². The van der Waals surface area contributed by atoms with E-state index < -0.39 is 11.8 Å². The first-order valence-corrected chi connectivity index (χ1v) is 7.71. The van der Waals surface area contributed by atoms with Gasteiger partial charge in [0.25, 0.3) is 0 Å². The molecule has 0 spiro atoms. The van der Waals surface area contributed by atoms with Crippen molar-refractivity contribution in [2.45, 2.75) is 6.92 Å². The Hall–Kier alpha value is -3.06. The molecule has 25 heavy (non-hydrogen) atoms. The van der Waals surface area contributed by atoms with Crippen LogP contribution < -0.4 is 20.2 Å². The molecule has 128 valence electrons. The average Bonchev–Trinajstić information content (AvgIpc) is 3.06. The molecule has 0 aromatic heterocycles. The third-order valence-corrected chi connectivity index (χ3v) is 3.91. The first-order chi connectivity index (χ1) is 12.0. The molecular weight excluding hydrogens is 346 g/mol. The van der Waals surface area contributed by atoms with Crippen LogP contribution in [0.25, 0.3) is 0 Å². The van der Waals surface area contributed by atoms with Gasteiger partial charge in [0.2, 0.25) is 6.79 Å². The van der Waals surface area contributed by atoms with Crippen molar-refractivity contribution in [3.63, 3.8) is 0 Å². The second-order valence-corrected chi connectivity index (χ2v) is 5.59. The van der Waals surface area contributed by atoms with Gasteiger partial charge in [0.1, 0.15) is 0 Å². The van der Waals surface area contributed by atoms with E-state index in [0.29, 0.717) is 33.3 Å². The van der Waals surface area contributed by atoms with E-state index >= 15 is 0 Å². The fourth-order valence-corrected chi connectivity index (χ4v) is 2.31. The standard InChI is InChI=1S/C17H14ClN3O4/c1-10-12(18)3-2-4-13(10)20-16(22)17(23)21-19-8-11-5-6-14-15(7-11)25-9-24-14/h2-8H,9H2,1H3,(H,20,22)(H,21,23). The van der Waals surface area contributed by atoms with Crippen LogP contribution in [0.5, 0.6) is 11.5 Å². The van der Waals surface area contributed by atoms with Gasteiger partial charge >= 0.3 is 11.8 Å². The Morgan fingerprint density at radius 1 is 1.16 bits per heavy atom. The maximum atomic E-state index is 11.9. The second kappa shape index (κ2) is 7.23. The lowest BCUT2D eigenvalue weighted by atomic mass is 10.2. The summed E-state index contributed by atoms with van der Waals surface area (Å²) in [6.07, 6.45) is 1.40. The number of hydrazone groups is 1. The predicted octanol–water partition coefficient (Wildman–Crippen LogP) is 2.47. The van der Waals surface area contributed by atoms with Crippen LogP contribution in [-0.2, 0) is 9.59 Å². The summed E-state index contributed by atoms with van der Waals surface area (Å²) in [7, 11) is 0. The summed E-state index contributed by atoms with van der Waals surface area (Å²) < 4.78 is 10.4. The smallest absolute Gasteiger partial charge is 0.329 e. The average molecular weight is 360 g/mol. The minimum Gasteiger partial charge on any atom is -0.454 e. The van der Waals surface area contributed by atoms with E-state index in [4.69, 9.17) is 21.1 Å². The zero-order valence-electron chi connectivity index (χ0n) is 13.2. The lowest BCUT2D eigenvalue weighted by Gasteiger charge is -2.08. The summed E-state index contributed by atoms with van der Waals surface area (Å²) in [5, 5.41) is 6.75. The number of hydrogen-bond donors (Lipinski definition) is 2. The molecule has 0 radical (unpaired) electrons. The summed E-state index contributed by atoms with van der Waals surface area (Å²) in [5.41, 5.74) is 4.00. The van der Waals surface area contributed by atoms with Crippen molar-refractivity contribution in [1.29, 1.82) is 0 Å². The Labute approximate surface area is 148 Å². The van der Waals surface area contributed by atoms with Gasteiger partial charge in [-0.25, -0.2) is 5.43 Å². The summed E-state index contributed by atoms with van der Waals surface area (Å²) in [5.74, 6) is -0.480. The van der Waals surface area contributed by atoms with E-state index in [1.54, 1.807) is 43.3 Å². The van der Waals surface area contributed by atoms with Crippen LogP contribution >= 0.6 is 11.6 Å². The maximum absolute atomic E-state index is 11.9. The molecule has 1 aliphatic rings. The first kappa shape index (κ1) is 16.8. The number of ether oxygens (including phenoxy) is 2. The Kier molecular flexibility index (Phi) is 4.85. The lowest BCUT2D eigenvalue weighted by molar-refractivity contribution is -0.136. The van der Waals surface area contributed by atoms with Crippen molar-refractivity contribution in [2.24, 2.45) is 5.10 Å². The van der Waals surface area contributed by atoms with Gasteiger partial charge in [0.05, 0.1) is 6.21 Å². The van der Waals surface area contributed by atoms with E-state index in [0.717, 1.165) is 0 Å². The van der Waals surface area contributed by atoms with Gasteiger partial charge < -0.3 is 14.8 Å². The topological polar surface area (TPSA) is 89.0 Å². The number of benzene rings is 2. The quantitative estimate of drug-likeness (QED) is 0.500. The molecule has 0 atom stereocenters. The number of carbonyl (C=O) groups excluding carboxylic acids is 2.